The number of carbonyl (C=O) groups is 1. The summed E-state index contributed by atoms with van der Waals surface area (Å²) in [7, 11) is -0.541. The van der Waals surface area contributed by atoms with Gasteiger partial charge in [0, 0.05) is 19.2 Å². The van der Waals surface area contributed by atoms with Gasteiger partial charge < -0.3 is 18.7 Å². The molecular formula is C22H25N3O7S. The highest BCUT2D eigenvalue weighted by Gasteiger charge is 2.22. The normalized spacial score (nSPS) is 11.4. The average Bonchev–Trinajstić information content (AvgIpc) is 3.31. The first-order chi connectivity index (χ1) is 15.8. The number of esters is 1. The Morgan fingerprint density at radius 2 is 1.73 bits per heavy atom. The van der Waals surface area contributed by atoms with E-state index in [1.54, 1.807) is 39.2 Å². The smallest absolute Gasteiger partial charge is 0.338 e. The molecule has 0 unspecified atom stereocenters. The van der Waals surface area contributed by atoms with Crippen molar-refractivity contribution in [3.63, 3.8) is 0 Å². The summed E-state index contributed by atoms with van der Waals surface area (Å²) >= 11 is 0. The van der Waals surface area contributed by atoms with E-state index in [0.29, 0.717) is 30.2 Å². The van der Waals surface area contributed by atoms with Gasteiger partial charge in [0.2, 0.25) is 15.8 Å². The number of nitrogens with zero attached hydrogens (tertiary/aromatic N) is 3. The Morgan fingerprint density at radius 1 is 1.03 bits per heavy atom. The van der Waals surface area contributed by atoms with Crippen molar-refractivity contribution in [1.82, 2.24) is 14.4 Å². The minimum Gasteiger partial charge on any atom is -0.497 e. The fourth-order valence-electron chi connectivity index (χ4n) is 3.09. The van der Waals surface area contributed by atoms with E-state index < -0.39 is 16.0 Å². The van der Waals surface area contributed by atoms with Crippen LogP contribution in [-0.4, -0.2) is 56.1 Å². The lowest BCUT2D eigenvalue weighted by Crippen LogP contribution is -2.30. The summed E-state index contributed by atoms with van der Waals surface area (Å²) in [6.07, 6.45) is 0. The van der Waals surface area contributed by atoms with Gasteiger partial charge in [-0.05, 0) is 36.4 Å². The first-order valence-corrected chi connectivity index (χ1v) is 11.6. The van der Waals surface area contributed by atoms with Crippen molar-refractivity contribution in [3.8, 4) is 22.9 Å². The highest BCUT2D eigenvalue weighted by Crippen LogP contribution is 2.31. The molecule has 0 aliphatic rings. The summed E-state index contributed by atoms with van der Waals surface area (Å²) in [4.78, 5) is 16.7. The molecule has 1 aromatic heterocycles. The number of benzene rings is 2. The van der Waals surface area contributed by atoms with Crippen LogP contribution in [0.1, 0.15) is 30.1 Å². The molecule has 0 fully saturated rings. The molecule has 1 heterocycles. The molecule has 0 saturated carbocycles. The van der Waals surface area contributed by atoms with Gasteiger partial charge in [0.25, 0.3) is 5.89 Å². The molecule has 10 nitrogen and oxygen atoms in total. The minimum atomic E-state index is -3.60. The first-order valence-electron chi connectivity index (χ1n) is 10.2. The third-order valence-corrected chi connectivity index (χ3v) is 6.94. The average molecular weight is 476 g/mol. The van der Waals surface area contributed by atoms with Crippen LogP contribution >= 0.6 is 0 Å². The molecule has 0 radical (unpaired) electrons. The first kappa shape index (κ1) is 24.2. The van der Waals surface area contributed by atoms with Crippen molar-refractivity contribution in [1.29, 1.82) is 0 Å². The molecule has 0 aliphatic carbocycles. The zero-order chi connectivity index (χ0) is 24.0. The maximum absolute atomic E-state index is 12.6. The summed E-state index contributed by atoms with van der Waals surface area (Å²) in [5.74, 6) is 0.828. The molecule has 33 heavy (non-hydrogen) atoms. The number of sulfonamides is 1. The topological polar surface area (TPSA) is 121 Å². The molecule has 0 saturated heterocycles. The zero-order valence-electron chi connectivity index (χ0n) is 18.8. The number of ether oxygens (including phenoxy) is 3. The van der Waals surface area contributed by atoms with Gasteiger partial charge in [0.1, 0.15) is 11.5 Å². The van der Waals surface area contributed by atoms with Gasteiger partial charge >= 0.3 is 5.97 Å². The molecule has 0 bridgehead atoms. The van der Waals surface area contributed by atoms with Gasteiger partial charge in [0.15, 0.2) is 6.61 Å². The fourth-order valence-corrected chi connectivity index (χ4v) is 4.55. The van der Waals surface area contributed by atoms with E-state index in [2.05, 4.69) is 10.1 Å². The maximum atomic E-state index is 12.6. The molecule has 176 valence electrons. The highest BCUT2D eigenvalue weighted by atomic mass is 32.2. The van der Waals surface area contributed by atoms with E-state index in [1.165, 1.54) is 35.7 Å². The number of aromatic nitrogens is 2. The molecule has 0 spiro atoms. The van der Waals surface area contributed by atoms with Crippen molar-refractivity contribution in [2.75, 3.05) is 27.3 Å². The minimum absolute atomic E-state index is 0.0944. The molecule has 3 aromatic rings. The largest absolute Gasteiger partial charge is 0.497 e. The predicted octanol–water partition coefficient (Wildman–Crippen LogP) is 3.14. The van der Waals surface area contributed by atoms with Crippen molar-refractivity contribution < 1.29 is 31.9 Å². The predicted molar refractivity (Wildman–Crippen MR) is 119 cm³/mol. The fraction of sp³-hybridized carbons (Fsp3) is 0.318. The van der Waals surface area contributed by atoms with Crippen LogP contribution in [0.15, 0.2) is 51.9 Å². The second-order valence-electron chi connectivity index (χ2n) is 6.77. The monoisotopic (exact) mass is 475 g/mol. The summed E-state index contributed by atoms with van der Waals surface area (Å²) in [6.45, 7) is 4.00. The van der Waals surface area contributed by atoms with Gasteiger partial charge in [0.05, 0.1) is 30.2 Å². The van der Waals surface area contributed by atoms with Crippen molar-refractivity contribution >= 4 is 16.0 Å². The van der Waals surface area contributed by atoms with Gasteiger partial charge in [-0.15, -0.1) is 0 Å². The molecule has 3 rings (SSSR count). The molecule has 0 amide bonds. The summed E-state index contributed by atoms with van der Waals surface area (Å²) in [6, 6.07) is 10.7. The van der Waals surface area contributed by atoms with Crippen LogP contribution < -0.4 is 9.47 Å². The molecule has 11 heteroatoms. The van der Waals surface area contributed by atoms with Crippen LogP contribution in [0, 0.1) is 0 Å². The summed E-state index contributed by atoms with van der Waals surface area (Å²) < 4.78 is 47.3. The lowest BCUT2D eigenvalue weighted by atomic mass is 10.2. The van der Waals surface area contributed by atoms with Crippen LogP contribution in [0.25, 0.3) is 11.4 Å². The van der Waals surface area contributed by atoms with Gasteiger partial charge in [-0.2, -0.15) is 9.29 Å². The molecular weight excluding hydrogens is 450 g/mol. The molecule has 0 N–H and O–H groups in total. The quantitative estimate of drug-likeness (QED) is 0.407. The van der Waals surface area contributed by atoms with E-state index in [0.717, 1.165) is 0 Å². The van der Waals surface area contributed by atoms with Crippen LogP contribution in [0.2, 0.25) is 0 Å². The Labute approximate surface area is 192 Å². The molecule has 0 atom stereocenters. The van der Waals surface area contributed by atoms with Crippen molar-refractivity contribution in [2.45, 2.75) is 25.3 Å². The highest BCUT2D eigenvalue weighted by molar-refractivity contribution is 7.89. The third kappa shape index (κ3) is 5.32. The van der Waals surface area contributed by atoms with Crippen LogP contribution in [-0.2, 0) is 21.4 Å². The Hall–Kier alpha value is -3.44. The number of carbonyl (C=O) groups excluding carboxylic acids is 1. The zero-order valence-corrected chi connectivity index (χ0v) is 19.6. The van der Waals surface area contributed by atoms with Gasteiger partial charge in [-0.25, -0.2) is 13.2 Å². The lowest BCUT2D eigenvalue weighted by molar-refractivity contribution is 0.0429. The molecule has 0 aliphatic heterocycles. The SMILES string of the molecule is CCN(CC)S(=O)(=O)c1ccc(C(=O)OCc2nc(-c3ccc(OC)cc3OC)no2)cc1. The van der Waals surface area contributed by atoms with E-state index in [-0.39, 0.29) is 28.8 Å². The standard InChI is InChI=1S/C22H25N3O7S/c1-5-25(6-2)33(27,28)17-10-7-15(8-11-17)22(26)31-14-20-23-21(24-32-20)18-12-9-16(29-3)13-19(18)30-4/h7-13H,5-6,14H2,1-4H3. The van der Waals surface area contributed by atoms with E-state index in [1.807, 2.05) is 0 Å². The summed E-state index contributed by atoms with van der Waals surface area (Å²) in [5, 5.41) is 3.90. The number of hydrogen-bond acceptors (Lipinski definition) is 9. The van der Waals surface area contributed by atoms with Crippen molar-refractivity contribution in [2.24, 2.45) is 0 Å². The van der Waals surface area contributed by atoms with E-state index >= 15 is 0 Å². The Balaban J connectivity index is 1.67. The van der Waals surface area contributed by atoms with Crippen LogP contribution in [0.5, 0.6) is 11.5 Å². The Kier molecular flexibility index (Phi) is 7.67. The number of hydrogen-bond donors (Lipinski definition) is 0. The van der Waals surface area contributed by atoms with Gasteiger partial charge in [-0.3, -0.25) is 0 Å². The maximum Gasteiger partial charge on any atom is 0.338 e. The van der Waals surface area contributed by atoms with E-state index in [9.17, 15) is 13.2 Å². The van der Waals surface area contributed by atoms with Gasteiger partial charge in [-0.1, -0.05) is 19.0 Å². The number of rotatable bonds is 10. The second kappa shape index (κ2) is 10.5. The Bertz CT molecular complexity index is 1200. The summed E-state index contributed by atoms with van der Waals surface area (Å²) in [5.41, 5.74) is 0.787. The van der Waals surface area contributed by atoms with Crippen molar-refractivity contribution in [3.05, 3.63) is 53.9 Å². The lowest BCUT2D eigenvalue weighted by Gasteiger charge is -2.18. The molecule has 2 aromatic carbocycles. The third-order valence-electron chi connectivity index (χ3n) is 4.88. The number of methoxy groups -OCH3 is 2. The Morgan fingerprint density at radius 3 is 2.33 bits per heavy atom. The van der Waals surface area contributed by atoms with Crippen LogP contribution in [0.3, 0.4) is 0 Å². The van der Waals surface area contributed by atoms with E-state index in [4.69, 9.17) is 18.7 Å². The second-order valence-corrected chi connectivity index (χ2v) is 8.71. The van der Waals surface area contributed by atoms with Crippen LogP contribution in [0.4, 0.5) is 0 Å².